The van der Waals surface area contributed by atoms with E-state index in [0.29, 0.717) is 0 Å². The Morgan fingerprint density at radius 1 is 1.35 bits per heavy atom. The smallest absolute Gasteiger partial charge is 0.408 e. The van der Waals surface area contributed by atoms with Crippen LogP contribution >= 0.6 is 11.3 Å². The SMILES string of the molecule is CC(C)(C)OC(=O)NCc1ncc(-c2ccc([N+](=O)[O-])cc2)s1. The monoisotopic (exact) mass is 335 g/mol. The number of alkyl carbamates (subject to hydrolysis) is 1. The molecule has 0 bridgehead atoms. The molecule has 2 aromatic rings. The molecule has 0 unspecified atom stereocenters. The summed E-state index contributed by atoms with van der Waals surface area (Å²) < 4.78 is 5.15. The minimum atomic E-state index is -0.545. The third-order valence-electron chi connectivity index (χ3n) is 2.70. The van der Waals surface area contributed by atoms with Gasteiger partial charge in [-0.25, -0.2) is 9.78 Å². The number of nitro groups is 1. The van der Waals surface area contributed by atoms with Crippen molar-refractivity contribution in [1.82, 2.24) is 10.3 Å². The van der Waals surface area contributed by atoms with E-state index in [0.717, 1.165) is 15.4 Å². The number of non-ortho nitro benzene ring substituents is 1. The van der Waals surface area contributed by atoms with Crippen LogP contribution in [0.1, 0.15) is 25.8 Å². The van der Waals surface area contributed by atoms with Crippen molar-refractivity contribution in [3.8, 4) is 10.4 Å². The third-order valence-corrected chi connectivity index (χ3v) is 3.75. The Morgan fingerprint density at radius 3 is 2.57 bits per heavy atom. The second kappa shape index (κ2) is 6.74. The lowest BCUT2D eigenvalue weighted by Gasteiger charge is -2.19. The molecule has 0 saturated carbocycles. The Morgan fingerprint density at radius 2 is 2.00 bits per heavy atom. The van der Waals surface area contributed by atoms with Crippen LogP contribution in [0.2, 0.25) is 0 Å². The van der Waals surface area contributed by atoms with Gasteiger partial charge in [0, 0.05) is 18.3 Å². The lowest BCUT2D eigenvalue weighted by atomic mass is 10.2. The van der Waals surface area contributed by atoms with Gasteiger partial charge in [-0.3, -0.25) is 10.1 Å². The number of nitrogens with zero attached hydrogens (tertiary/aromatic N) is 2. The quantitative estimate of drug-likeness (QED) is 0.678. The number of amides is 1. The van der Waals surface area contributed by atoms with Crippen LogP contribution in [0, 0.1) is 10.1 Å². The number of aromatic nitrogens is 1. The summed E-state index contributed by atoms with van der Waals surface area (Å²) >= 11 is 1.41. The number of carbonyl (C=O) groups is 1. The molecule has 23 heavy (non-hydrogen) atoms. The second-order valence-electron chi connectivity index (χ2n) is 5.78. The Labute approximate surface area is 137 Å². The summed E-state index contributed by atoms with van der Waals surface area (Å²) in [5.74, 6) is 0. The van der Waals surface area contributed by atoms with Crippen molar-refractivity contribution in [2.24, 2.45) is 0 Å². The first-order valence-corrected chi connectivity index (χ1v) is 7.72. The van der Waals surface area contributed by atoms with E-state index >= 15 is 0 Å². The number of ether oxygens (including phenoxy) is 1. The van der Waals surface area contributed by atoms with Crippen LogP contribution in [0.3, 0.4) is 0 Å². The highest BCUT2D eigenvalue weighted by atomic mass is 32.1. The van der Waals surface area contributed by atoms with Crippen LogP contribution < -0.4 is 5.32 Å². The van der Waals surface area contributed by atoms with Crippen LogP contribution in [0.15, 0.2) is 30.5 Å². The molecule has 0 spiro atoms. The molecule has 0 aliphatic rings. The summed E-state index contributed by atoms with van der Waals surface area (Å²) in [5.41, 5.74) is 0.346. The van der Waals surface area contributed by atoms with Gasteiger partial charge in [-0.05, 0) is 38.5 Å². The zero-order valence-electron chi connectivity index (χ0n) is 13.0. The van der Waals surface area contributed by atoms with Crippen LogP contribution in [-0.2, 0) is 11.3 Å². The van der Waals surface area contributed by atoms with Gasteiger partial charge in [0.05, 0.1) is 16.3 Å². The summed E-state index contributed by atoms with van der Waals surface area (Å²) in [6.07, 6.45) is 1.18. The zero-order valence-corrected chi connectivity index (χ0v) is 13.8. The van der Waals surface area contributed by atoms with Gasteiger partial charge in [0.15, 0.2) is 0 Å². The van der Waals surface area contributed by atoms with E-state index in [1.165, 1.54) is 23.5 Å². The molecule has 0 aliphatic heterocycles. The molecule has 0 saturated heterocycles. The van der Waals surface area contributed by atoms with Crippen molar-refractivity contribution >= 4 is 23.1 Å². The number of nitrogens with one attached hydrogen (secondary N) is 1. The van der Waals surface area contributed by atoms with E-state index in [9.17, 15) is 14.9 Å². The van der Waals surface area contributed by atoms with Gasteiger partial charge in [-0.15, -0.1) is 11.3 Å². The van der Waals surface area contributed by atoms with Gasteiger partial charge >= 0.3 is 6.09 Å². The van der Waals surface area contributed by atoms with Gasteiger partial charge in [-0.2, -0.15) is 0 Å². The summed E-state index contributed by atoms with van der Waals surface area (Å²) in [6, 6.07) is 6.26. The average Bonchev–Trinajstić information content (AvgIpc) is 2.92. The fraction of sp³-hybridized carbons (Fsp3) is 0.333. The molecule has 2 rings (SSSR count). The lowest BCUT2D eigenvalue weighted by molar-refractivity contribution is -0.384. The van der Waals surface area contributed by atoms with Gasteiger partial charge in [0.1, 0.15) is 10.6 Å². The van der Waals surface area contributed by atoms with Gasteiger partial charge in [-0.1, -0.05) is 0 Å². The number of rotatable bonds is 4. The fourth-order valence-corrected chi connectivity index (χ4v) is 2.60. The van der Waals surface area contributed by atoms with E-state index in [2.05, 4.69) is 10.3 Å². The number of hydrogen-bond acceptors (Lipinski definition) is 6. The molecule has 1 heterocycles. The molecular weight excluding hydrogens is 318 g/mol. The molecule has 1 aromatic carbocycles. The standard InChI is InChI=1S/C15H17N3O4S/c1-15(2,3)22-14(19)17-9-13-16-8-12(23-13)10-4-6-11(7-5-10)18(20)21/h4-8H,9H2,1-3H3,(H,17,19). The van der Waals surface area contributed by atoms with Crippen LogP contribution in [0.4, 0.5) is 10.5 Å². The van der Waals surface area contributed by atoms with Crippen molar-refractivity contribution < 1.29 is 14.5 Å². The number of nitro benzene ring substituents is 1. The highest BCUT2D eigenvalue weighted by molar-refractivity contribution is 7.15. The molecule has 1 N–H and O–H groups in total. The predicted molar refractivity (Wildman–Crippen MR) is 87.3 cm³/mol. The van der Waals surface area contributed by atoms with Gasteiger partial charge in [0.25, 0.3) is 5.69 Å². The van der Waals surface area contributed by atoms with E-state index in [-0.39, 0.29) is 12.2 Å². The van der Waals surface area contributed by atoms with E-state index in [4.69, 9.17) is 4.74 Å². The largest absolute Gasteiger partial charge is 0.444 e. The molecule has 0 fully saturated rings. The van der Waals surface area contributed by atoms with Gasteiger partial charge < -0.3 is 10.1 Å². The maximum absolute atomic E-state index is 11.6. The molecular formula is C15H17N3O4S. The third kappa shape index (κ3) is 5.03. The highest BCUT2D eigenvalue weighted by Gasteiger charge is 2.16. The number of benzene rings is 1. The maximum atomic E-state index is 11.6. The van der Waals surface area contributed by atoms with E-state index < -0.39 is 16.6 Å². The minimum Gasteiger partial charge on any atom is -0.444 e. The van der Waals surface area contributed by atoms with Crippen molar-refractivity contribution in [1.29, 1.82) is 0 Å². The van der Waals surface area contributed by atoms with Crippen LogP contribution in [-0.4, -0.2) is 21.6 Å². The van der Waals surface area contributed by atoms with Gasteiger partial charge in [0.2, 0.25) is 0 Å². The maximum Gasteiger partial charge on any atom is 0.408 e. The Kier molecular flexibility index (Phi) is 4.95. The Hall–Kier alpha value is -2.48. The molecule has 0 atom stereocenters. The van der Waals surface area contributed by atoms with E-state index in [1.54, 1.807) is 39.1 Å². The molecule has 122 valence electrons. The van der Waals surface area contributed by atoms with Crippen LogP contribution in [0.25, 0.3) is 10.4 Å². The number of carbonyl (C=O) groups excluding carboxylic acids is 1. The second-order valence-corrected chi connectivity index (χ2v) is 6.89. The molecule has 8 heteroatoms. The molecule has 1 amide bonds. The minimum absolute atomic E-state index is 0.0464. The first-order valence-electron chi connectivity index (χ1n) is 6.91. The number of thiazole rings is 1. The zero-order chi connectivity index (χ0) is 17.0. The summed E-state index contributed by atoms with van der Waals surface area (Å²) in [5, 5.41) is 14.0. The molecule has 0 radical (unpaired) electrons. The predicted octanol–water partition coefficient (Wildman–Crippen LogP) is 3.74. The topological polar surface area (TPSA) is 94.4 Å². The lowest BCUT2D eigenvalue weighted by Crippen LogP contribution is -2.32. The Bertz CT molecular complexity index is 704. The van der Waals surface area contributed by atoms with Crippen molar-refractivity contribution in [2.75, 3.05) is 0 Å². The summed E-state index contributed by atoms with van der Waals surface area (Å²) in [4.78, 5) is 26.9. The van der Waals surface area contributed by atoms with E-state index in [1.807, 2.05) is 0 Å². The fourth-order valence-electron chi connectivity index (χ4n) is 1.73. The average molecular weight is 335 g/mol. The molecule has 7 nitrogen and oxygen atoms in total. The van der Waals surface area contributed by atoms with Crippen molar-refractivity contribution in [3.05, 3.63) is 45.6 Å². The molecule has 0 aliphatic carbocycles. The van der Waals surface area contributed by atoms with Crippen molar-refractivity contribution in [3.63, 3.8) is 0 Å². The highest BCUT2D eigenvalue weighted by Crippen LogP contribution is 2.27. The van der Waals surface area contributed by atoms with Crippen LogP contribution in [0.5, 0.6) is 0 Å². The summed E-state index contributed by atoms with van der Waals surface area (Å²) in [6.45, 7) is 5.65. The summed E-state index contributed by atoms with van der Waals surface area (Å²) in [7, 11) is 0. The van der Waals surface area contributed by atoms with Crippen molar-refractivity contribution in [2.45, 2.75) is 32.9 Å². The first-order chi connectivity index (χ1) is 10.7. The normalized spacial score (nSPS) is 11.1. The molecule has 1 aromatic heterocycles. The number of hydrogen-bond donors (Lipinski definition) is 1. The Balaban J connectivity index is 1.98. The first kappa shape index (κ1) is 16.9.